The van der Waals surface area contributed by atoms with Crippen LogP contribution in [-0.2, 0) is 20.9 Å². The molecule has 1 aliphatic carbocycles. The van der Waals surface area contributed by atoms with Crippen LogP contribution in [0.4, 0.5) is 0 Å². The third-order valence-electron chi connectivity index (χ3n) is 3.66. The third kappa shape index (κ3) is 2.84. The van der Waals surface area contributed by atoms with Crippen LogP contribution in [0.3, 0.4) is 0 Å². The van der Waals surface area contributed by atoms with Gasteiger partial charge in [-0.15, -0.1) is 0 Å². The molecule has 2 rings (SSSR count). The van der Waals surface area contributed by atoms with E-state index in [1.54, 1.807) is 19.9 Å². The Hall–Kier alpha value is -1.85. The van der Waals surface area contributed by atoms with Crippen LogP contribution in [-0.4, -0.2) is 23.6 Å². The van der Waals surface area contributed by atoms with E-state index in [9.17, 15) is 9.59 Å². The fourth-order valence-corrected chi connectivity index (χ4v) is 2.61. The summed E-state index contributed by atoms with van der Waals surface area (Å²) >= 11 is 0. The number of nitrogens with one attached hydrogen (secondary N) is 1. The SMILES string of the molecule is CCOC(=O)C1(C(=O)NCc2cc(C)on2)CCCC1. The molecule has 0 radical (unpaired) electrons. The Kier molecular flexibility index (Phi) is 4.42. The Morgan fingerprint density at radius 1 is 1.45 bits per heavy atom. The lowest BCUT2D eigenvalue weighted by Gasteiger charge is -2.24. The molecule has 1 heterocycles. The van der Waals surface area contributed by atoms with Gasteiger partial charge in [-0.05, 0) is 26.7 Å². The summed E-state index contributed by atoms with van der Waals surface area (Å²) in [7, 11) is 0. The Morgan fingerprint density at radius 3 is 2.70 bits per heavy atom. The van der Waals surface area contributed by atoms with E-state index in [1.807, 2.05) is 0 Å². The van der Waals surface area contributed by atoms with E-state index in [0.29, 0.717) is 24.3 Å². The van der Waals surface area contributed by atoms with E-state index in [-0.39, 0.29) is 19.1 Å². The quantitative estimate of drug-likeness (QED) is 0.656. The van der Waals surface area contributed by atoms with Crippen molar-refractivity contribution in [3.63, 3.8) is 0 Å². The van der Waals surface area contributed by atoms with Crippen LogP contribution in [0.25, 0.3) is 0 Å². The van der Waals surface area contributed by atoms with Gasteiger partial charge in [0.05, 0.1) is 13.2 Å². The lowest BCUT2D eigenvalue weighted by molar-refractivity contribution is -0.160. The largest absolute Gasteiger partial charge is 0.465 e. The highest BCUT2D eigenvalue weighted by molar-refractivity contribution is 6.02. The molecule has 1 aromatic heterocycles. The first-order chi connectivity index (χ1) is 9.58. The number of amides is 1. The average Bonchev–Trinajstić information content (AvgIpc) is 3.06. The number of aromatic nitrogens is 1. The average molecular weight is 280 g/mol. The molecular weight excluding hydrogens is 260 g/mol. The normalized spacial score (nSPS) is 16.9. The Bertz CT molecular complexity index is 489. The van der Waals surface area contributed by atoms with Gasteiger partial charge in [-0.25, -0.2) is 0 Å². The molecule has 0 aliphatic heterocycles. The fraction of sp³-hybridized carbons (Fsp3) is 0.643. The topological polar surface area (TPSA) is 81.4 Å². The van der Waals surface area contributed by atoms with Crippen LogP contribution in [0.5, 0.6) is 0 Å². The molecule has 1 N–H and O–H groups in total. The highest BCUT2D eigenvalue weighted by Gasteiger charge is 2.49. The molecule has 110 valence electrons. The number of ether oxygens (including phenoxy) is 1. The molecule has 1 saturated carbocycles. The molecular formula is C14H20N2O4. The van der Waals surface area contributed by atoms with Crippen LogP contribution in [0, 0.1) is 12.3 Å². The fourth-order valence-electron chi connectivity index (χ4n) is 2.61. The monoisotopic (exact) mass is 280 g/mol. The van der Waals surface area contributed by atoms with Crippen LogP contribution in [0.2, 0.25) is 0 Å². The first kappa shape index (κ1) is 14.6. The first-order valence-electron chi connectivity index (χ1n) is 6.96. The molecule has 6 heteroatoms. The van der Waals surface area contributed by atoms with E-state index in [0.717, 1.165) is 12.8 Å². The molecule has 1 aliphatic rings. The van der Waals surface area contributed by atoms with Gasteiger partial charge in [0.2, 0.25) is 5.91 Å². The van der Waals surface area contributed by atoms with Gasteiger partial charge in [-0.1, -0.05) is 18.0 Å². The molecule has 20 heavy (non-hydrogen) atoms. The van der Waals surface area contributed by atoms with E-state index in [1.165, 1.54) is 0 Å². The number of carbonyl (C=O) groups is 2. The van der Waals surface area contributed by atoms with Gasteiger partial charge < -0.3 is 14.6 Å². The van der Waals surface area contributed by atoms with Crippen LogP contribution in [0.15, 0.2) is 10.6 Å². The van der Waals surface area contributed by atoms with E-state index in [4.69, 9.17) is 9.26 Å². The maximum absolute atomic E-state index is 12.4. The number of rotatable bonds is 5. The second-order valence-corrected chi connectivity index (χ2v) is 5.12. The van der Waals surface area contributed by atoms with Crippen molar-refractivity contribution in [1.82, 2.24) is 10.5 Å². The molecule has 1 aromatic rings. The second-order valence-electron chi connectivity index (χ2n) is 5.12. The summed E-state index contributed by atoms with van der Waals surface area (Å²) in [6.45, 7) is 4.08. The maximum Gasteiger partial charge on any atom is 0.321 e. The summed E-state index contributed by atoms with van der Waals surface area (Å²) < 4.78 is 10.0. The maximum atomic E-state index is 12.4. The van der Waals surface area contributed by atoms with Gasteiger partial charge >= 0.3 is 5.97 Å². The summed E-state index contributed by atoms with van der Waals surface area (Å²) in [5.74, 6) is 0.00987. The molecule has 0 saturated heterocycles. The van der Waals surface area contributed by atoms with Crippen molar-refractivity contribution >= 4 is 11.9 Å². The lowest BCUT2D eigenvalue weighted by Crippen LogP contribution is -2.45. The van der Waals surface area contributed by atoms with Gasteiger partial charge in [0.1, 0.15) is 16.9 Å². The van der Waals surface area contributed by atoms with Gasteiger partial charge in [0.15, 0.2) is 0 Å². The third-order valence-corrected chi connectivity index (χ3v) is 3.66. The highest BCUT2D eigenvalue weighted by atomic mass is 16.5. The predicted octanol–water partition coefficient (Wildman–Crippen LogP) is 1.72. The van der Waals surface area contributed by atoms with Crippen molar-refractivity contribution in [2.24, 2.45) is 5.41 Å². The minimum atomic E-state index is -1.02. The summed E-state index contributed by atoms with van der Waals surface area (Å²) in [6.07, 6.45) is 2.84. The Morgan fingerprint density at radius 2 is 2.15 bits per heavy atom. The summed E-state index contributed by atoms with van der Waals surface area (Å²) in [5, 5.41) is 6.58. The molecule has 1 fully saturated rings. The minimum absolute atomic E-state index is 0.261. The van der Waals surface area contributed by atoms with Gasteiger partial charge in [0.25, 0.3) is 0 Å². The molecule has 6 nitrogen and oxygen atoms in total. The zero-order valence-electron chi connectivity index (χ0n) is 11.9. The van der Waals surface area contributed by atoms with Crippen LogP contribution < -0.4 is 5.32 Å². The molecule has 0 bridgehead atoms. The zero-order valence-corrected chi connectivity index (χ0v) is 11.9. The zero-order chi connectivity index (χ0) is 14.6. The number of carbonyl (C=O) groups excluding carboxylic acids is 2. The van der Waals surface area contributed by atoms with Gasteiger partial charge in [-0.2, -0.15) is 0 Å². The second kappa shape index (κ2) is 6.07. The van der Waals surface area contributed by atoms with Crippen molar-refractivity contribution in [1.29, 1.82) is 0 Å². The van der Waals surface area contributed by atoms with Crippen molar-refractivity contribution in [2.75, 3.05) is 6.61 Å². The number of nitrogens with zero attached hydrogens (tertiary/aromatic N) is 1. The van der Waals surface area contributed by atoms with E-state index < -0.39 is 11.4 Å². The summed E-state index contributed by atoms with van der Waals surface area (Å²) in [5.41, 5.74) is -0.373. The lowest BCUT2D eigenvalue weighted by atomic mass is 9.85. The Balaban J connectivity index is 2.02. The van der Waals surface area contributed by atoms with E-state index >= 15 is 0 Å². The standard InChI is InChI=1S/C14H20N2O4/c1-3-19-13(18)14(6-4-5-7-14)12(17)15-9-11-8-10(2)20-16-11/h8H,3-7,9H2,1-2H3,(H,15,17). The first-order valence-corrected chi connectivity index (χ1v) is 6.96. The predicted molar refractivity (Wildman–Crippen MR) is 70.6 cm³/mol. The molecule has 0 spiro atoms. The smallest absolute Gasteiger partial charge is 0.321 e. The van der Waals surface area contributed by atoms with E-state index in [2.05, 4.69) is 10.5 Å². The molecule has 0 atom stereocenters. The molecule has 0 aromatic carbocycles. The number of hydrogen-bond donors (Lipinski definition) is 1. The van der Waals surface area contributed by atoms with Crippen LogP contribution >= 0.6 is 0 Å². The van der Waals surface area contributed by atoms with Crippen molar-refractivity contribution in [2.45, 2.75) is 46.1 Å². The number of aryl methyl sites for hydroxylation is 1. The Labute approximate surface area is 117 Å². The summed E-state index contributed by atoms with van der Waals surface area (Å²) in [4.78, 5) is 24.5. The number of esters is 1. The minimum Gasteiger partial charge on any atom is -0.465 e. The van der Waals surface area contributed by atoms with Crippen molar-refractivity contribution in [3.8, 4) is 0 Å². The van der Waals surface area contributed by atoms with Crippen molar-refractivity contribution < 1.29 is 18.8 Å². The number of hydrogen-bond acceptors (Lipinski definition) is 5. The van der Waals surface area contributed by atoms with Gasteiger partial charge in [0, 0.05) is 6.07 Å². The van der Waals surface area contributed by atoms with Crippen molar-refractivity contribution in [3.05, 3.63) is 17.5 Å². The van der Waals surface area contributed by atoms with Crippen LogP contribution in [0.1, 0.15) is 44.1 Å². The molecule has 0 unspecified atom stereocenters. The summed E-state index contributed by atoms with van der Waals surface area (Å²) in [6, 6.07) is 1.76. The molecule has 1 amide bonds. The van der Waals surface area contributed by atoms with Gasteiger partial charge in [-0.3, -0.25) is 9.59 Å². The highest BCUT2D eigenvalue weighted by Crippen LogP contribution is 2.39.